The van der Waals surface area contributed by atoms with Gasteiger partial charge in [0.1, 0.15) is 12.4 Å². The van der Waals surface area contributed by atoms with Gasteiger partial charge in [0.15, 0.2) is 5.82 Å². The number of aromatic nitrogens is 2. The lowest BCUT2D eigenvalue weighted by atomic mass is 9.98. The van der Waals surface area contributed by atoms with Crippen molar-refractivity contribution >= 4 is 18.5 Å². The highest BCUT2D eigenvalue weighted by Crippen LogP contribution is 2.44. The molecule has 1 atom stereocenters. The Morgan fingerprint density at radius 2 is 1.68 bits per heavy atom. The molecule has 1 fully saturated rings. The fourth-order valence-corrected chi connectivity index (χ4v) is 4.28. The number of carbonyl (C=O) groups excluding carboxylic acids is 1. The number of carbonyl (C=O) groups is 1. The molecule has 5 rings (SSSR count). The fraction of sp³-hybridized carbons (Fsp3) is 0.261. The number of halogens is 2. The number of ether oxygens (including phenoxy) is 1. The Bertz CT molecular complexity index is 1030. The van der Waals surface area contributed by atoms with Crippen molar-refractivity contribution in [3.8, 4) is 11.1 Å². The first-order chi connectivity index (χ1) is 14.7. The van der Waals surface area contributed by atoms with Crippen molar-refractivity contribution < 1.29 is 13.9 Å². The van der Waals surface area contributed by atoms with Gasteiger partial charge in [0.2, 0.25) is 0 Å². The Labute approximate surface area is 185 Å². The van der Waals surface area contributed by atoms with E-state index in [9.17, 15) is 9.18 Å². The molecule has 160 valence electrons. The molecule has 0 saturated carbocycles. The Hall–Kier alpha value is -3.03. The predicted molar refractivity (Wildman–Crippen MR) is 117 cm³/mol. The lowest BCUT2D eigenvalue weighted by molar-refractivity contribution is 0.0876. The smallest absolute Gasteiger partial charge is 0.409 e. The summed E-state index contributed by atoms with van der Waals surface area (Å²) in [7, 11) is 0. The first-order valence-electron chi connectivity index (χ1n) is 10.0. The van der Waals surface area contributed by atoms with Gasteiger partial charge in [-0.05, 0) is 22.3 Å². The summed E-state index contributed by atoms with van der Waals surface area (Å²) in [5.74, 6) is 0.0102. The van der Waals surface area contributed by atoms with Crippen LogP contribution in [0.4, 0.5) is 9.18 Å². The standard InChI is InChI=1S/C23H21FN4O2.ClH/c24-15-11-26-22(27-12-15)21-13-28(10-9-25-21)23(29)30-14-20-18-7-3-1-5-16(18)17-6-2-4-8-19(17)20;/h1-8,11-12,20-21,25H,9-10,13-14H2;1H. The van der Waals surface area contributed by atoms with Crippen LogP contribution in [0.15, 0.2) is 60.9 Å². The maximum absolute atomic E-state index is 13.1. The SMILES string of the molecule is Cl.O=C(OCC1c2ccccc2-c2ccccc21)N1CCNC(c2ncc(F)cn2)C1. The van der Waals surface area contributed by atoms with Crippen LogP contribution < -0.4 is 5.32 Å². The zero-order chi connectivity index (χ0) is 20.5. The van der Waals surface area contributed by atoms with Gasteiger partial charge >= 0.3 is 6.09 Å². The van der Waals surface area contributed by atoms with Crippen molar-refractivity contribution in [3.05, 3.63) is 83.7 Å². The molecule has 1 aromatic heterocycles. The molecular weight excluding hydrogens is 419 g/mol. The number of piperazine rings is 1. The van der Waals surface area contributed by atoms with Crippen LogP contribution in [0.3, 0.4) is 0 Å². The van der Waals surface area contributed by atoms with Gasteiger partial charge in [0.25, 0.3) is 0 Å². The monoisotopic (exact) mass is 440 g/mol. The van der Waals surface area contributed by atoms with Crippen LogP contribution in [-0.2, 0) is 4.74 Å². The maximum atomic E-state index is 13.1. The van der Waals surface area contributed by atoms with Gasteiger partial charge in [-0.15, -0.1) is 12.4 Å². The molecular formula is C23H22ClFN4O2. The highest BCUT2D eigenvalue weighted by molar-refractivity contribution is 5.85. The van der Waals surface area contributed by atoms with Crippen LogP contribution >= 0.6 is 12.4 Å². The quantitative estimate of drug-likeness (QED) is 0.668. The summed E-state index contributed by atoms with van der Waals surface area (Å²) in [4.78, 5) is 22.5. The number of hydrogen-bond donors (Lipinski definition) is 1. The molecule has 1 aliphatic heterocycles. The number of nitrogens with one attached hydrogen (secondary N) is 1. The van der Waals surface area contributed by atoms with E-state index in [1.54, 1.807) is 4.90 Å². The van der Waals surface area contributed by atoms with E-state index < -0.39 is 5.82 Å². The van der Waals surface area contributed by atoms with Gasteiger partial charge in [-0.25, -0.2) is 19.2 Å². The Morgan fingerprint density at radius 3 is 2.32 bits per heavy atom. The normalized spacial score (nSPS) is 17.5. The molecule has 8 heteroatoms. The van der Waals surface area contributed by atoms with Crippen molar-refractivity contribution in [3.63, 3.8) is 0 Å². The number of nitrogens with zero attached hydrogens (tertiary/aromatic N) is 3. The average Bonchev–Trinajstić information content (AvgIpc) is 3.12. The summed E-state index contributed by atoms with van der Waals surface area (Å²) in [6, 6.07) is 16.3. The summed E-state index contributed by atoms with van der Waals surface area (Å²) in [6.07, 6.45) is 1.91. The number of hydrogen-bond acceptors (Lipinski definition) is 5. The van der Waals surface area contributed by atoms with E-state index in [0.29, 0.717) is 25.5 Å². The van der Waals surface area contributed by atoms with Crippen LogP contribution in [0.2, 0.25) is 0 Å². The van der Waals surface area contributed by atoms with Gasteiger partial charge in [0.05, 0.1) is 18.4 Å². The number of fused-ring (bicyclic) bond motifs is 3. The third-order valence-electron chi connectivity index (χ3n) is 5.72. The van der Waals surface area contributed by atoms with E-state index in [4.69, 9.17) is 4.74 Å². The molecule has 1 amide bonds. The first-order valence-corrected chi connectivity index (χ1v) is 10.0. The molecule has 3 aromatic rings. The number of benzene rings is 2. The number of amides is 1. The Balaban J connectivity index is 0.00000231. The predicted octanol–water partition coefficient (Wildman–Crippen LogP) is 3.93. The summed E-state index contributed by atoms with van der Waals surface area (Å²) in [5.41, 5.74) is 4.77. The molecule has 1 N–H and O–H groups in total. The van der Waals surface area contributed by atoms with Crippen molar-refractivity contribution in [2.24, 2.45) is 0 Å². The molecule has 0 spiro atoms. The lowest BCUT2D eigenvalue weighted by Crippen LogP contribution is -2.49. The molecule has 0 bridgehead atoms. The van der Waals surface area contributed by atoms with Gasteiger partial charge in [-0.1, -0.05) is 48.5 Å². The van der Waals surface area contributed by atoms with E-state index in [0.717, 1.165) is 12.4 Å². The van der Waals surface area contributed by atoms with Crippen molar-refractivity contribution in [2.75, 3.05) is 26.2 Å². The molecule has 6 nitrogen and oxygen atoms in total. The topological polar surface area (TPSA) is 67.3 Å². The van der Waals surface area contributed by atoms with Crippen LogP contribution in [0.1, 0.15) is 28.9 Å². The fourth-order valence-electron chi connectivity index (χ4n) is 4.28. The lowest BCUT2D eigenvalue weighted by Gasteiger charge is -2.32. The second-order valence-electron chi connectivity index (χ2n) is 7.52. The summed E-state index contributed by atoms with van der Waals surface area (Å²) in [5, 5.41) is 3.27. The minimum atomic E-state index is -0.483. The molecule has 2 heterocycles. The second-order valence-corrected chi connectivity index (χ2v) is 7.52. The third-order valence-corrected chi connectivity index (χ3v) is 5.72. The average molecular weight is 441 g/mol. The van der Waals surface area contributed by atoms with Crippen molar-refractivity contribution in [1.82, 2.24) is 20.2 Å². The van der Waals surface area contributed by atoms with E-state index >= 15 is 0 Å². The molecule has 1 aliphatic carbocycles. The van der Waals surface area contributed by atoms with Crippen LogP contribution in [0.5, 0.6) is 0 Å². The van der Waals surface area contributed by atoms with E-state index in [1.807, 2.05) is 24.3 Å². The van der Waals surface area contributed by atoms with Crippen molar-refractivity contribution in [1.29, 1.82) is 0 Å². The van der Waals surface area contributed by atoms with Crippen LogP contribution in [0.25, 0.3) is 11.1 Å². The summed E-state index contributed by atoms with van der Waals surface area (Å²) in [6.45, 7) is 1.79. The number of rotatable bonds is 3. The first kappa shape index (κ1) is 21.2. The Kier molecular flexibility index (Phi) is 6.15. The minimum absolute atomic E-state index is 0. The van der Waals surface area contributed by atoms with Crippen LogP contribution in [-0.4, -0.2) is 47.2 Å². The van der Waals surface area contributed by atoms with Crippen LogP contribution in [0, 0.1) is 5.82 Å². The summed E-state index contributed by atoms with van der Waals surface area (Å²) >= 11 is 0. The maximum Gasteiger partial charge on any atom is 0.409 e. The van der Waals surface area contributed by atoms with Gasteiger partial charge in [-0.2, -0.15) is 0 Å². The Morgan fingerprint density at radius 1 is 1.06 bits per heavy atom. The molecule has 2 aliphatic rings. The van der Waals surface area contributed by atoms with Gasteiger partial charge < -0.3 is 15.0 Å². The molecule has 2 aromatic carbocycles. The second kappa shape index (κ2) is 8.99. The molecule has 1 unspecified atom stereocenters. The largest absolute Gasteiger partial charge is 0.448 e. The zero-order valence-electron chi connectivity index (χ0n) is 16.7. The van der Waals surface area contributed by atoms with Gasteiger partial charge in [-0.3, -0.25) is 0 Å². The van der Waals surface area contributed by atoms with E-state index in [1.165, 1.54) is 22.3 Å². The zero-order valence-corrected chi connectivity index (χ0v) is 17.5. The highest BCUT2D eigenvalue weighted by atomic mass is 35.5. The minimum Gasteiger partial charge on any atom is -0.448 e. The summed E-state index contributed by atoms with van der Waals surface area (Å²) < 4.78 is 18.8. The van der Waals surface area contributed by atoms with E-state index in [-0.39, 0.29) is 37.1 Å². The van der Waals surface area contributed by atoms with Gasteiger partial charge in [0, 0.05) is 25.6 Å². The van der Waals surface area contributed by atoms with E-state index in [2.05, 4.69) is 39.6 Å². The third kappa shape index (κ3) is 4.11. The molecule has 0 radical (unpaired) electrons. The molecule has 31 heavy (non-hydrogen) atoms. The van der Waals surface area contributed by atoms with Crippen molar-refractivity contribution in [2.45, 2.75) is 12.0 Å². The molecule has 1 saturated heterocycles. The highest BCUT2D eigenvalue weighted by Gasteiger charge is 2.31.